The lowest BCUT2D eigenvalue weighted by atomic mass is 10.1. The largest absolute Gasteiger partial charge is 0.365 e. The highest BCUT2D eigenvalue weighted by Gasteiger charge is 2.56. The van der Waals surface area contributed by atoms with E-state index in [1.165, 1.54) is 12.8 Å². The molecular weight excluding hydrogens is 426 g/mol. The summed E-state index contributed by atoms with van der Waals surface area (Å²) in [6.45, 7) is 3.84. The van der Waals surface area contributed by atoms with Crippen molar-refractivity contribution in [2.24, 2.45) is 0 Å². The van der Waals surface area contributed by atoms with Crippen LogP contribution >= 0.6 is 11.3 Å². The lowest BCUT2D eigenvalue weighted by Crippen LogP contribution is -2.28. The number of aromatic nitrogens is 4. The lowest BCUT2D eigenvalue weighted by Gasteiger charge is -2.23. The van der Waals surface area contributed by atoms with Crippen molar-refractivity contribution in [3.8, 4) is 11.8 Å². The summed E-state index contributed by atoms with van der Waals surface area (Å²) >= 11 is 1.61. The number of fused-ring (bicyclic) bond motifs is 2. The van der Waals surface area contributed by atoms with Crippen LogP contribution in [-0.4, -0.2) is 49.7 Å². The zero-order valence-electron chi connectivity index (χ0n) is 18.0. The van der Waals surface area contributed by atoms with Crippen molar-refractivity contribution in [3.05, 3.63) is 35.0 Å². The third-order valence-corrected chi connectivity index (χ3v) is 7.00. The molecule has 0 aromatic carbocycles. The van der Waals surface area contributed by atoms with E-state index in [-0.39, 0.29) is 12.2 Å². The van der Waals surface area contributed by atoms with E-state index in [2.05, 4.69) is 32.1 Å². The van der Waals surface area contributed by atoms with Crippen molar-refractivity contribution in [2.75, 3.05) is 5.32 Å². The predicted molar refractivity (Wildman–Crippen MR) is 120 cm³/mol. The molecule has 1 N–H and O–H groups in total. The molecule has 0 radical (unpaired) electrons. The van der Waals surface area contributed by atoms with Gasteiger partial charge in [0.05, 0.1) is 11.2 Å². The van der Waals surface area contributed by atoms with Crippen LogP contribution in [0.5, 0.6) is 0 Å². The van der Waals surface area contributed by atoms with Crippen molar-refractivity contribution < 1.29 is 14.2 Å². The minimum Gasteiger partial charge on any atom is -0.365 e. The third kappa shape index (κ3) is 3.57. The maximum absolute atomic E-state index is 6.37. The van der Waals surface area contributed by atoms with E-state index in [9.17, 15) is 0 Å². The Hall–Kier alpha value is -2.51. The molecule has 4 unspecified atom stereocenters. The number of anilines is 1. The number of hydrogen-bond acceptors (Lipinski definition) is 8. The van der Waals surface area contributed by atoms with Gasteiger partial charge >= 0.3 is 0 Å². The molecule has 4 atom stereocenters. The van der Waals surface area contributed by atoms with Crippen molar-refractivity contribution in [1.29, 1.82) is 0 Å². The highest BCUT2D eigenvalue weighted by atomic mass is 32.1. The molecule has 2 saturated heterocycles. The Balaban J connectivity index is 1.33. The predicted octanol–water partition coefficient (Wildman–Crippen LogP) is 3.71. The fraction of sp³-hybridized carbons (Fsp3) is 0.522. The summed E-state index contributed by atoms with van der Waals surface area (Å²) in [6, 6.07) is 4.42. The van der Waals surface area contributed by atoms with E-state index < -0.39 is 18.1 Å². The minimum absolute atomic E-state index is 0.294. The number of ether oxygens (including phenoxy) is 3. The summed E-state index contributed by atoms with van der Waals surface area (Å²) in [5.74, 6) is 6.52. The van der Waals surface area contributed by atoms with Crippen LogP contribution in [0.2, 0.25) is 0 Å². The number of hydrogen-bond donors (Lipinski definition) is 1. The monoisotopic (exact) mass is 451 g/mol. The summed E-state index contributed by atoms with van der Waals surface area (Å²) in [7, 11) is 0. The van der Waals surface area contributed by atoms with E-state index in [0.29, 0.717) is 11.7 Å². The van der Waals surface area contributed by atoms with E-state index >= 15 is 0 Å². The smallest absolute Gasteiger partial charge is 0.167 e. The normalized spacial score (nSPS) is 29.2. The molecule has 0 bridgehead atoms. The summed E-state index contributed by atoms with van der Waals surface area (Å²) in [6.07, 6.45) is 6.69. The first kappa shape index (κ1) is 20.1. The number of thiophene rings is 1. The van der Waals surface area contributed by atoms with Gasteiger partial charge in [-0.3, -0.25) is 4.57 Å². The molecule has 3 fully saturated rings. The van der Waals surface area contributed by atoms with E-state index in [1.54, 1.807) is 24.0 Å². The van der Waals surface area contributed by atoms with Crippen LogP contribution in [0.25, 0.3) is 11.2 Å². The van der Waals surface area contributed by atoms with Crippen LogP contribution in [0, 0.1) is 11.8 Å². The van der Waals surface area contributed by atoms with Crippen LogP contribution < -0.4 is 5.32 Å². The first-order chi connectivity index (χ1) is 15.6. The highest BCUT2D eigenvalue weighted by molar-refractivity contribution is 7.10. The second-order valence-corrected chi connectivity index (χ2v) is 9.88. The lowest BCUT2D eigenvalue weighted by molar-refractivity contribution is -0.190. The molecule has 32 heavy (non-hydrogen) atoms. The maximum atomic E-state index is 6.37. The molecule has 3 aliphatic rings. The van der Waals surface area contributed by atoms with Crippen molar-refractivity contribution in [1.82, 2.24) is 19.5 Å². The van der Waals surface area contributed by atoms with Gasteiger partial charge in [-0.15, -0.1) is 11.3 Å². The minimum atomic E-state index is -0.708. The third-order valence-electron chi connectivity index (χ3n) is 6.22. The van der Waals surface area contributed by atoms with Crippen molar-refractivity contribution >= 4 is 28.3 Å². The quantitative estimate of drug-likeness (QED) is 0.608. The van der Waals surface area contributed by atoms with Gasteiger partial charge in [0.2, 0.25) is 0 Å². The summed E-state index contributed by atoms with van der Waals surface area (Å²) in [4.78, 5) is 14.6. The van der Waals surface area contributed by atoms with E-state index in [4.69, 9.17) is 14.2 Å². The fourth-order valence-electron chi connectivity index (χ4n) is 4.82. The molecule has 6 rings (SSSR count). The molecule has 2 aliphatic heterocycles. The number of rotatable bonds is 3. The molecule has 5 heterocycles. The summed E-state index contributed by atoms with van der Waals surface area (Å²) in [5.41, 5.74) is 1.45. The van der Waals surface area contributed by atoms with Gasteiger partial charge in [-0.1, -0.05) is 30.7 Å². The van der Waals surface area contributed by atoms with Crippen LogP contribution in [-0.2, 0) is 14.2 Å². The number of imidazole rings is 1. The fourth-order valence-corrected chi connectivity index (χ4v) is 5.39. The van der Waals surface area contributed by atoms with Gasteiger partial charge in [0.15, 0.2) is 29.0 Å². The second kappa shape index (κ2) is 7.81. The highest BCUT2D eigenvalue weighted by Crippen LogP contribution is 2.43. The Labute approximate surface area is 190 Å². The SMILES string of the molecule is CC1(C)OC2C(C#Cc3cccs3)OC(n3cnc4c(NC5CCCC5)ncnc43)C2O1. The number of nitrogens with one attached hydrogen (secondary N) is 1. The molecular formula is C23H25N5O3S. The van der Waals surface area contributed by atoms with Gasteiger partial charge in [0.1, 0.15) is 24.6 Å². The average molecular weight is 452 g/mol. The van der Waals surface area contributed by atoms with Crippen molar-refractivity contribution in [2.45, 2.75) is 75.9 Å². The Kier molecular flexibility index (Phi) is 4.91. The molecule has 9 heteroatoms. The summed E-state index contributed by atoms with van der Waals surface area (Å²) in [5, 5.41) is 5.56. The van der Waals surface area contributed by atoms with Crippen molar-refractivity contribution in [3.63, 3.8) is 0 Å². The van der Waals surface area contributed by atoms with E-state index in [0.717, 1.165) is 29.1 Å². The van der Waals surface area contributed by atoms with Crippen LogP contribution in [0.4, 0.5) is 5.82 Å². The van der Waals surface area contributed by atoms with Gasteiger partial charge in [-0.05, 0) is 38.1 Å². The molecule has 3 aromatic rings. The van der Waals surface area contributed by atoms with Gasteiger partial charge < -0.3 is 19.5 Å². The Morgan fingerprint density at radius 2 is 2.00 bits per heavy atom. The first-order valence-corrected chi connectivity index (χ1v) is 12.0. The first-order valence-electron chi connectivity index (χ1n) is 11.1. The van der Waals surface area contributed by atoms with Crippen LogP contribution in [0.15, 0.2) is 30.2 Å². The molecule has 1 saturated carbocycles. The molecule has 3 aromatic heterocycles. The molecule has 1 aliphatic carbocycles. The number of nitrogens with zero attached hydrogens (tertiary/aromatic N) is 4. The van der Waals surface area contributed by atoms with Crippen LogP contribution in [0.1, 0.15) is 50.6 Å². The maximum Gasteiger partial charge on any atom is 0.167 e. The molecule has 0 amide bonds. The molecule has 8 nitrogen and oxygen atoms in total. The molecule has 0 spiro atoms. The zero-order chi connectivity index (χ0) is 21.7. The van der Waals surface area contributed by atoms with Gasteiger partial charge in [-0.25, -0.2) is 15.0 Å². The second-order valence-electron chi connectivity index (χ2n) is 8.93. The molecule has 166 valence electrons. The van der Waals surface area contributed by atoms with E-state index in [1.807, 2.05) is 35.9 Å². The topological polar surface area (TPSA) is 83.3 Å². The summed E-state index contributed by atoms with van der Waals surface area (Å²) < 4.78 is 20.7. The Morgan fingerprint density at radius 1 is 1.16 bits per heavy atom. The Morgan fingerprint density at radius 3 is 2.81 bits per heavy atom. The van der Waals surface area contributed by atoms with Crippen LogP contribution in [0.3, 0.4) is 0 Å². The Bertz CT molecular complexity index is 1180. The van der Waals surface area contributed by atoms with Gasteiger partial charge in [-0.2, -0.15) is 0 Å². The zero-order valence-corrected chi connectivity index (χ0v) is 18.8. The van der Waals surface area contributed by atoms with Gasteiger partial charge in [0, 0.05) is 6.04 Å². The standard InChI is InChI=1S/C23H25N5O3S/c1-23(2)30-18-16(10-9-15-8-5-11-32-15)29-22(19(18)31-23)28-13-26-17-20(24-12-25-21(17)28)27-14-6-3-4-7-14/h5,8,11-14,16,18-19,22H,3-4,6-7H2,1-2H3,(H,24,25,27). The average Bonchev–Trinajstić information content (AvgIpc) is 3.56. The van der Waals surface area contributed by atoms with Gasteiger partial charge in [0.25, 0.3) is 0 Å².